The lowest BCUT2D eigenvalue weighted by molar-refractivity contribution is 0.0941. The van der Waals surface area contributed by atoms with Crippen molar-refractivity contribution in [2.45, 2.75) is 6.54 Å². The Morgan fingerprint density at radius 3 is 2.71 bits per heavy atom. The number of hydrogen-bond donors (Lipinski definition) is 1. The molecule has 0 aliphatic heterocycles. The van der Waals surface area contributed by atoms with Gasteiger partial charge in [-0.1, -0.05) is 40.0 Å². The molecular weight excluding hydrogens is 375 g/mol. The predicted molar refractivity (Wildman–Crippen MR) is 91.3 cm³/mol. The smallest absolute Gasteiger partial charge is 0.273 e. The van der Waals surface area contributed by atoms with E-state index in [-0.39, 0.29) is 12.2 Å². The van der Waals surface area contributed by atoms with Crippen LogP contribution in [0.3, 0.4) is 0 Å². The zero-order valence-electron chi connectivity index (χ0n) is 12.4. The zero-order chi connectivity index (χ0) is 17.3. The third-order valence-corrected chi connectivity index (χ3v) is 4.23. The van der Waals surface area contributed by atoms with Gasteiger partial charge in [0.1, 0.15) is 0 Å². The van der Waals surface area contributed by atoms with Crippen molar-refractivity contribution in [1.82, 2.24) is 20.3 Å². The predicted octanol–water partition coefficient (Wildman–Crippen LogP) is 3.97. The number of nitrogens with zero attached hydrogens (tertiary/aromatic N) is 3. The molecule has 0 aliphatic rings. The Hall–Kier alpha value is -2.02. The molecule has 1 aromatic carbocycles. The Labute approximate surface area is 152 Å². The van der Waals surface area contributed by atoms with E-state index in [2.05, 4.69) is 15.6 Å². The molecule has 0 aliphatic carbocycles. The van der Waals surface area contributed by atoms with Gasteiger partial charge in [-0.05, 0) is 18.2 Å². The second-order valence-electron chi connectivity index (χ2n) is 4.95. The highest BCUT2D eigenvalue weighted by Crippen LogP contribution is 2.30. The number of halogens is 3. The van der Waals surface area contributed by atoms with Gasteiger partial charge in [0, 0.05) is 23.7 Å². The lowest BCUT2D eigenvalue weighted by Gasteiger charge is -2.04. The van der Waals surface area contributed by atoms with Gasteiger partial charge in [-0.2, -0.15) is 5.10 Å². The second kappa shape index (κ2) is 6.84. The van der Waals surface area contributed by atoms with Gasteiger partial charge in [0.25, 0.3) is 5.91 Å². The van der Waals surface area contributed by atoms with E-state index < -0.39 is 5.91 Å². The summed E-state index contributed by atoms with van der Waals surface area (Å²) in [6, 6.07) is 6.47. The van der Waals surface area contributed by atoms with Gasteiger partial charge >= 0.3 is 0 Å². The Morgan fingerprint density at radius 1 is 1.25 bits per heavy atom. The van der Waals surface area contributed by atoms with E-state index in [1.807, 2.05) is 0 Å². The topological polar surface area (TPSA) is 73.0 Å². The van der Waals surface area contributed by atoms with Crippen LogP contribution in [0.5, 0.6) is 0 Å². The monoisotopic (exact) mass is 384 g/mol. The van der Waals surface area contributed by atoms with Crippen molar-refractivity contribution in [3.63, 3.8) is 0 Å². The van der Waals surface area contributed by atoms with Crippen LogP contribution in [0, 0.1) is 0 Å². The Morgan fingerprint density at radius 2 is 2.04 bits per heavy atom. The average Bonchev–Trinajstić information content (AvgIpc) is 3.13. The lowest BCUT2D eigenvalue weighted by Crippen LogP contribution is -2.24. The number of aryl methyl sites for hydroxylation is 1. The van der Waals surface area contributed by atoms with Crippen LogP contribution < -0.4 is 5.32 Å². The maximum Gasteiger partial charge on any atom is 0.273 e. The van der Waals surface area contributed by atoms with Gasteiger partial charge in [0.15, 0.2) is 11.5 Å². The fourth-order valence-corrected chi connectivity index (χ4v) is 2.82. The number of hydrogen-bond acceptors (Lipinski definition) is 4. The molecule has 6 nitrogen and oxygen atoms in total. The molecule has 0 bridgehead atoms. The van der Waals surface area contributed by atoms with Gasteiger partial charge in [-0.3, -0.25) is 9.48 Å². The molecule has 3 aromatic rings. The Balaban J connectivity index is 1.74. The zero-order valence-corrected chi connectivity index (χ0v) is 14.7. The molecule has 0 fully saturated rings. The molecule has 1 amide bonds. The van der Waals surface area contributed by atoms with Crippen LogP contribution in [-0.2, 0) is 13.6 Å². The van der Waals surface area contributed by atoms with Crippen molar-refractivity contribution in [3.8, 4) is 11.3 Å². The summed E-state index contributed by atoms with van der Waals surface area (Å²) >= 11 is 18.0. The van der Waals surface area contributed by atoms with Crippen LogP contribution in [0.2, 0.25) is 15.1 Å². The van der Waals surface area contributed by atoms with Gasteiger partial charge in [-0.15, -0.1) is 0 Å². The summed E-state index contributed by atoms with van der Waals surface area (Å²) in [5.41, 5.74) is 1.42. The van der Waals surface area contributed by atoms with E-state index in [1.165, 1.54) is 12.3 Å². The molecule has 2 heterocycles. The third-order valence-electron chi connectivity index (χ3n) is 3.37. The molecule has 0 unspecified atom stereocenters. The maximum absolute atomic E-state index is 12.2. The van der Waals surface area contributed by atoms with Crippen molar-refractivity contribution >= 4 is 40.7 Å². The van der Waals surface area contributed by atoms with Crippen LogP contribution in [0.4, 0.5) is 0 Å². The number of nitrogens with one attached hydrogen (secondary N) is 1. The minimum absolute atomic E-state index is 0.134. The summed E-state index contributed by atoms with van der Waals surface area (Å²) in [4.78, 5) is 12.2. The Kier molecular flexibility index (Phi) is 4.80. The van der Waals surface area contributed by atoms with Crippen molar-refractivity contribution in [3.05, 3.63) is 56.9 Å². The molecular formula is C15H11Cl3N4O2. The van der Waals surface area contributed by atoms with E-state index in [0.717, 1.165) is 0 Å². The fourth-order valence-electron chi connectivity index (χ4n) is 2.09. The van der Waals surface area contributed by atoms with Crippen LogP contribution >= 0.6 is 34.8 Å². The first kappa shape index (κ1) is 16.8. The quantitative estimate of drug-likeness (QED) is 0.737. The van der Waals surface area contributed by atoms with Gasteiger partial charge in [0.2, 0.25) is 0 Å². The molecule has 0 saturated heterocycles. The number of carbonyl (C=O) groups excluding carboxylic acids is 1. The van der Waals surface area contributed by atoms with Crippen molar-refractivity contribution in [1.29, 1.82) is 0 Å². The second-order valence-corrected chi connectivity index (χ2v) is 6.20. The first-order valence-electron chi connectivity index (χ1n) is 6.82. The molecule has 0 atom stereocenters. The van der Waals surface area contributed by atoms with E-state index in [9.17, 15) is 4.79 Å². The van der Waals surface area contributed by atoms with E-state index >= 15 is 0 Å². The SMILES string of the molecule is Cn1ncc(Cl)c1CNC(=O)c1cc(-c2ccc(Cl)cc2Cl)on1. The highest BCUT2D eigenvalue weighted by molar-refractivity contribution is 6.36. The highest BCUT2D eigenvalue weighted by atomic mass is 35.5. The molecule has 0 spiro atoms. The van der Waals surface area contributed by atoms with E-state index in [1.54, 1.807) is 29.9 Å². The molecule has 24 heavy (non-hydrogen) atoms. The first-order valence-corrected chi connectivity index (χ1v) is 7.96. The van der Waals surface area contributed by atoms with E-state index in [4.69, 9.17) is 39.3 Å². The summed E-state index contributed by atoms with van der Waals surface area (Å²) in [5.74, 6) is -0.0206. The minimum Gasteiger partial charge on any atom is -0.355 e. The molecule has 2 aromatic heterocycles. The average molecular weight is 386 g/mol. The van der Waals surface area contributed by atoms with Crippen molar-refractivity contribution in [2.24, 2.45) is 7.05 Å². The normalized spacial score (nSPS) is 10.8. The number of benzene rings is 1. The molecule has 3 rings (SSSR count). The first-order chi connectivity index (χ1) is 11.5. The maximum atomic E-state index is 12.2. The largest absolute Gasteiger partial charge is 0.355 e. The minimum atomic E-state index is -0.396. The summed E-state index contributed by atoms with van der Waals surface area (Å²) in [6.45, 7) is 0.220. The standard InChI is InChI=1S/C15H11Cl3N4O2/c1-22-13(11(18)6-20-22)7-19-15(23)12-5-14(24-21-12)9-3-2-8(16)4-10(9)17/h2-6H,7H2,1H3,(H,19,23). The molecule has 9 heteroatoms. The number of carbonyl (C=O) groups is 1. The molecule has 1 N–H and O–H groups in total. The van der Waals surface area contributed by atoms with Crippen LogP contribution in [0.1, 0.15) is 16.2 Å². The molecule has 0 saturated carbocycles. The summed E-state index contributed by atoms with van der Waals surface area (Å²) in [5, 5.41) is 11.9. The Bertz CT molecular complexity index is 885. The fraction of sp³-hybridized carbons (Fsp3) is 0.133. The molecule has 124 valence electrons. The van der Waals surface area contributed by atoms with Crippen LogP contribution in [0.25, 0.3) is 11.3 Å². The van der Waals surface area contributed by atoms with Gasteiger partial charge < -0.3 is 9.84 Å². The van der Waals surface area contributed by atoms with Gasteiger partial charge in [0.05, 0.1) is 28.5 Å². The van der Waals surface area contributed by atoms with E-state index in [0.29, 0.717) is 32.1 Å². The number of aromatic nitrogens is 3. The van der Waals surface area contributed by atoms with Crippen LogP contribution in [-0.4, -0.2) is 20.8 Å². The lowest BCUT2D eigenvalue weighted by atomic mass is 10.1. The summed E-state index contributed by atoms with van der Waals surface area (Å²) in [6.07, 6.45) is 1.51. The number of rotatable bonds is 4. The van der Waals surface area contributed by atoms with Crippen molar-refractivity contribution < 1.29 is 9.32 Å². The highest BCUT2D eigenvalue weighted by Gasteiger charge is 2.16. The van der Waals surface area contributed by atoms with Crippen molar-refractivity contribution in [2.75, 3.05) is 0 Å². The summed E-state index contributed by atoms with van der Waals surface area (Å²) in [7, 11) is 1.74. The molecule has 0 radical (unpaired) electrons. The third kappa shape index (κ3) is 3.40. The summed E-state index contributed by atoms with van der Waals surface area (Å²) < 4.78 is 6.78. The van der Waals surface area contributed by atoms with Crippen LogP contribution in [0.15, 0.2) is 35.0 Å². The van der Waals surface area contributed by atoms with Gasteiger partial charge in [-0.25, -0.2) is 0 Å². The number of amides is 1.